The lowest BCUT2D eigenvalue weighted by atomic mass is 10.2. The molecular weight excluding hydrogens is 530 g/mol. The number of sulfonamides is 1. The average Bonchev–Trinajstić information content (AvgIpc) is 2.76. The fourth-order valence-corrected chi connectivity index (χ4v) is 4.83. The highest BCUT2D eigenvalue weighted by molar-refractivity contribution is 9.10. The number of amides is 2. The molecule has 0 aliphatic carbocycles. The van der Waals surface area contributed by atoms with Crippen molar-refractivity contribution >= 4 is 60.7 Å². The van der Waals surface area contributed by atoms with Gasteiger partial charge in [-0.25, -0.2) is 8.42 Å². The van der Waals surface area contributed by atoms with Crippen molar-refractivity contribution in [3.63, 3.8) is 0 Å². The lowest BCUT2D eigenvalue weighted by Crippen LogP contribution is -2.37. The van der Waals surface area contributed by atoms with E-state index in [9.17, 15) is 18.0 Å². The Balaban J connectivity index is 1.83. The number of benzene rings is 3. The van der Waals surface area contributed by atoms with Gasteiger partial charge in [0.05, 0.1) is 11.4 Å². The molecule has 0 aromatic heterocycles. The van der Waals surface area contributed by atoms with E-state index in [4.69, 9.17) is 11.6 Å². The Morgan fingerprint density at radius 3 is 2.06 bits per heavy atom. The van der Waals surface area contributed by atoms with Crippen LogP contribution in [0.15, 0.2) is 82.2 Å². The molecule has 0 heterocycles. The van der Waals surface area contributed by atoms with Gasteiger partial charge in [0.1, 0.15) is 0 Å². The zero-order valence-corrected chi connectivity index (χ0v) is 20.7. The van der Waals surface area contributed by atoms with Gasteiger partial charge in [0.25, 0.3) is 0 Å². The molecule has 2 amide bonds. The van der Waals surface area contributed by atoms with Crippen LogP contribution in [0.5, 0.6) is 0 Å². The highest BCUT2D eigenvalue weighted by Crippen LogP contribution is 2.24. The van der Waals surface area contributed by atoms with Gasteiger partial charge >= 0.3 is 0 Å². The summed E-state index contributed by atoms with van der Waals surface area (Å²) in [4.78, 5) is 24.0. The lowest BCUT2D eigenvalue weighted by Gasteiger charge is -2.22. The van der Waals surface area contributed by atoms with E-state index in [0.29, 0.717) is 22.0 Å². The molecule has 0 saturated heterocycles. The van der Waals surface area contributed by atoms with Gasteiger partial charge in [0.15, 0.2) is 0 Å². The number of carbonyl (C=O) groups is 2. The first kappa shape index (κ1) is 24.9. The van der Waals surface area contributed by atoms with Crippen molar-refractivity contribution in [3.05, 3.63) is 87.9 Å². The van der Waals surface area contributed by atoms with Crippen LogP contribution in [0.4, 0.5) is 11.4 Å². The van der Waals surface area contributed by atoms with Gasteiger partial charge in [-0.05, 0) is 60.2 Å². The molecule has 172 valence electrons. The van der Waals surface area contributed by atoms with Crippen molar-refractivity contribution in [2.24, 2.45) is 0 Å². The molecule has 0 bridgehead atoms. The molecule has 0 spiro atoms. The predicted octanol–water partition coefficient (Wildman–Crippen LogP) is 4.89. The minimum atomic E-state index is -3.99. The maximum absolute atomic E-state index is 13.3. The average molecular weight is 551 g/mol. The van der Waals surface area contributed by atoms with Crippen LogP contribution < -0.4 is 10.6 Å². The lowest BCUT2D eigenvalue weighted by molar-refractivity contribution is -0.116. The molecule has 3 rings (SSSR count). The highest BCUT2D eigenvalue weighted by atomic mass is 79.9. The monoisotopic (exact) mass is 549 g/mol. The largest absolute Gasteiger partial charge is 0.326 e. The maximum atomic E-state index is 13.3. The van der Waals surface area contributed by atoms with E-state index in [-0.39, 0.29) is 17.3 Å². The summed E-state index contributed by atoms with van der Waals surface area (Å²) >= 11 is 9.54. The summed E-state index contributed by atoms with van der Waals surface area (Å²) in [6.07, 6.45) is 0. The van der Waals surface area contributed by atoms with Crippen LogP contribution in [-0.4, -0.2) is 31.1 Å². The van der Waals surface area contributed by atoms with Gasteiger partial charge in [-0.1, -0.05) is 45.7 Å². The Hall–Kier alpha value is -2.72. The first-order valence-corrected chi connectivity index (χ1v) is 12.4. The molecule has 0 radical (unpaired) electrons. The van der Waals surface area contributed by atoms with Crippen molar-refractivity contribution in [1.82, 2.24) is 4.31 Å². The van der Waals surface area contributed by atoms with Gasteiger partial charge in [-0.3, -0.25) is 9.59 Å². The number of nitrogens with one attached hydrogen (secondary N) is 2. The first-order valence-electron chi connectivity index (χ1n) is 9.82. The van der Waals surface area contributed by atoms with Crippen molar-refractivity contribution in [2.75, 3.05) is 17.2 Å². The number of carbonyl (C=O) groups excluding carboxylic acids is 2. The summed E-state index contributed by atoms with van der Waals surface area (Å²) in [5.41, 5.74) is 1.62. The van der Waals surface area contributed by atoms with Gasteiger partial charge in [-0.15, -0.1) is 0 Å². The Kier molecular flexibility index (Phi) is 8.25. The predicted molar refractivity (Wildman–Crippen MR) is 133 cm³/mol. The van der Waals surface area contributed by atoms with Crippen molar-refractivity contribution in [1.29, 1.82) is 0 Å². The Morgan fingerprint density at radius 2 is 1.48 bits per heavy atom. The highest BCUT2D eigenvalue weighted by Gasteiger charge is 2.27. The van der Waals surface area contributed by atoms with E-state index in [1.807, 2.05) is 0 Å². The zero-order chi connectivity index (χ0) is 24.0. The number of rotatable bonds is 8. The molecule has 0 unspecified atom stereocenters. The Morgan fingerprint density at radius 1 is 0.909 bits per heavy atom. The third kappa shape index (κ3) is 6.88. The molecule has 33 heavy (non-hydrogen) atoms. The molecule has 10 heteroatoms. The molecule has 0 saturated carbocycles. The Bertz CT molecular complexity index is 1250. The third-order valence-corrected chi connectivity index (χ3v) is 7.27. The van der Waals surface area contributed by atoms with Crippen LogP contribution in [-0.2, 0) is 26.2 Å². The van der Waals surface area contributed by atoms with Crippen LogP contribution in [0.25, 0.3) is 0 Å². The van der Waals surface area contributed by atoms with Gasteiger partial charge in [-0.2, -0.15) is 4.31 Å². The minimum Gasteiger partial charge on any atom is -0.326 e. The van der Waals surface area contributed by atoms with Crippen LogP contribution in [0.2, 0.25) is 5.02 Å². The van der Waals surface area contributed by atoms with Crippen LogP contribution in [0.1, 0.15) is 12.5 Å². The normalized spacial score (nSPS) is 11.3. The van der Waals surface area contributed by atoms with Crippen LogP contribution in [0.3, 0.4) is 0 Å². The van der Waals surface area contributed by atoms with E-state index in [1.165, 1.54) is 19.1 Å². The molecule has 0 aliphatic rings. The van der Waals surface area contributed by atoms with E-state index in [0.717, 1.165) is 8.78 Å². The maximum Gasteiger partial charge on any atom is 0.243 e. The quantitative estimate of drug-likeness (QED) is 0.417. The molecule has 0 atom stereocenters. The fourth-order valence-electron chi connectivity index (χ4n) is 3.00. The van der Waals surface area contributed by atoms with Crippen molar-refractivity contribution in [2.45, 2.75) is 18.4 Å². The van der Waals surface area contributed by atoms with Crippen LogP contribution in [0, 0.1) is 0 Å². The fraction of sp³-hybridized carbons (Fsp3) is 0.130. The molecule has 3 aromatic carbocycles. The molecule has 0 aliphatic heterocycles. The van der Waals surface area contributed by atoms with Crippen molar-refractivity contribution < 1.29 is 18.0 Å². The van der Waals surface area contributed by atoms with Crippen LogP contribution >= 0.6 is 27.5 Å². The summed E-state index contributed by atoms with van der Waals surface area (Å²) in [5.74, 6) is -0.727. The Labute approximate surface area is 205 Å². The second-order valence-electron chi connectivity index (χ2n) is 7.13. The first-order chi connectivity index (χ1) is 15.6. The number of hydrogen-bond acceptors (Lipinski definition) is 4. The smallest absolute Gasteiger partial charge is 0.243 e. The second kappa shape index (κ2) is 10.9. The summed E-state index contributed by atoms with van der Waals surface area (Å²) in [6, 6.07) is 19.6. The molecule has 2 N–H and O–H groups in total. The summed E-state index contributed by atoms with van der Waals surface area (Å²) in [7, 11) is -3.99. The van der Waals surface area contributed by atoms with Crippen molar-refractivity contribution in [3.8, 4) is 0 Å². The molecule has 3 aromatic rings. The minimum absolute atomic E-state index is 0.0604. The van der Waals surface area contributed by atoms with Gasteiger partial charge < -0.3 is 10.6 Å². The molecular formula is C23H21BrClN3O4S. The molecule has 0 fully saturated rings. The van der Waals surface area contributed by atoms with Gasteiger partial charge in [0.2, 0.25) is 21.8 Å². The van der Waals surface area contributed by atoms with E-state index >= 15 is 0 Å². The van der Waals surface area contributed by atoms with Gasteiger partial charge in [0, 0.05) is 34.3 Å². The number of anilines is 2. The third-order valence-electron chi connectivity index (χ3n) is 4.56. The SMILES string of the molecule is CC(=O)Nc1ccc(NC(=O)CN(Cc2ccccc2Cl)S(=O)(=O)c2ccc(Br)cc2)cc1. The zero-order valence-electron chi connectivity index (χ0n) is 17.6. The second-order valence-corrected chi connectivity index (χ2v) is 10.4. The molecule has 7 nitrogen and oxygen atoms in total. The van der Waals surface area contributed by atoms with E-state index in [2.05, 4.69) is 26.6 Å². The van der Waals surface area contributed by atoms with E-state index in [1.54, 1.807) is 60.7 Å². The summed E-state index contributed by atoms with van der Waals surface area (Å²) in [6.45, 7) is 0.902. The summed E-state index contributed by atoms with van der Waals surface area (Å²) in [5, 5.41) is 5.73. The number of halogens is 2. The topological polar surface area (TPSA) is 95.6 Å². The van der Waals surface area contributed by atoms with E-state index < -0.39 is 22.5 Å². The number of hydrogen-bond donors (Lipinski definition) is 2. The number of nitrogens with zero attached hydrogens (tertiary/aromatic N) is 1. The summed E-state index contributed by atoms with van der Waals surface area (Å²) < 4.78 is 28.5. The standard InChI is InChI=1S/C23H21BrClN3O4S/c1-16(29)26-19-8-10-20(11-9-19)27-23(30)15-28(14-17-4-2-3-5-22(17)25)33(31,32)21-12-6-18(24)7-13-21/h2-13H,14-15H2,1H3,(H,26,29)(H,27,30).